The van der Waals surface area contributed by atoms with Gasteiger partial charge >= 0.3 is 0 Å². The van der Waals surface area contributed by atoms with Crippen LogP contribution in [0.4, 0.5) is 0 Å². The topological polar surface area (TPSA) is 161 Å². The minimum Gasteiger partial charge on any atom is -0.395 e. The number of rotatable bonds is 25. The Morgan fingerprint density at radius 3 is 2.30 bits per heavy atom. The first-order valence-electron chi connectivity index (χ1n) is 20.4. The van der Waals surface area contributed by atoms with E-state index in [9.17, 15) is 19.5 Å². The van der Waals surface area contributed by atoms with Crippen LogP contribution in [0.2, 0.25) is 0 Å². The maximum absolute atomic E-state index is 14.4. The second kappa shape index (κ2) is 25.5. The van der Waals surface area contributed by atoms with Gasteiger partial charge in [-0.25, -0.2) is 0 Å². The molecule has 12 nitrogen and oxygen atoms in total. The molecule has 0 unspecified atom stereocenters. The molecule has 1 heterocycles. The molecule has 1 saturated carbocycles. The quantitative estimate of drug-likeness (QED) is 0.0650. The second-order valence-electron chi connectivity index (χ2n) is 15.5. The van der Waals surface area contributed by atoms with Gasteiger partial charge in [0.2, 0.25) is 17.7 Å². The Labute approximate surface area is 318 Å². The van der Waals surface area contributed by atoms with Crippen LogP contribution in [0.1, 0.15) is 103 Å². The van der Waals surface area contributed by atoms with Gasteiger partial charge in [0.05, 0.1) is 36.9 Å². The Morgan fingerprint density at radius 1 is 0.943 bits per heavy atom. The van der Waals surface area contributed by atoms with E-state index in [-0.39, 0.29) is 49.6 Å². The predicted octanol–water partition coefficient (Wildman–Crippen LogP) is 3.53. The highest BCUT2D eigenvalue weighted by atomic mass is 16.7. The van der Waals surface area contributed by atoms with E-state index in [0.29, 0.717) is 57.9 Å². The zero-order chi connectivity index (χ0) is 38.4. The molecule has 0 bridgehead atoms. The fourth-order valence-corrected chi connectivity index (χ4v) is 7.73. The second-order valence-corrected chi connectivity index (χ2v) is 15.5. The van der Waals surface area contributed by atoms with Crippen LogP contribution < -0.4 is 21.3 Å². The number of carbonyl (C=O) groups excluding carboxylic acids is 3. The SMILES string of the molecule is CCCC[C@H](N[C@@H](Cc1ccccc1)C(=O)N1CCC(OCOC)CC1)C(=O)N[C@@H](CC1CCCCC1)[C@@H](O)C[C@H](C(=O)NCCNCCO)C(C)C. The van der Waals surface area contributed by atoms with Crippen LogP contribution >= 0.6 is 0 Å². The molecule has 6 N–H and O–H groups in total. The zero-order valence-electron chi connectivity index (χ0n) is 33.0. The standard InChI is InChI=1S/C41H71N5O7/c1-5-6-17-35(44-37(27-32-15-11-8-12-16-32)41(51)46-23-18-33(19-24-46)53-29-52-4)40(50)45-36(26-31-13-9-7-10-14-31)38(48)28-34(30(2)3)39(49)43-21-20-42-22-25-47/h8,11-12,15-16,30-31,33-38,42,44,47-48H,5-7,9-10,13-14,17-29H2,1-4H3,(H,43,49)(H,45,50)/t34-,35-,36-,37-,38-/m0/s1. The monoisotopic (exact) mass is 746 g/mol. The molecule has 1 aliphatic carbocycles. The average Bonchev–Trinajstić information content (AvgIpc) is 3.17. The number of nitrogens with zero attached hydrogens (tertiary/aromatic N) is 1. The minimum absolute atomic E-state index is 0.0126. The van der Waals surface area contributed by atoms with Crippen LogP contribution in [-0.2, 0) is 30.3 Å². The number of hydrogen-bond donors (Lipinski definition) is 6. The van der Waals surface area contributed by atoms with Crippen molar-refractivity contribution in [3.8, 4) is 0 Å². The molecule has 0 aromatic heterocycles. The van der Waals surface area contributed by atoms with Crippen molar-refractivity contribution < 1.29 is 34.1 Å². The van der Waals surface area contributed by atoms with E-state index in [1.165, 1.54) is 6.42 Å². The molecule has 3 rings (SSSR count). The summed E-state index contributed by atoms with van der Waals surface area (Å²) in [5.41, 5.74) is 1.01. The zero-order valence-corrected chi connectivity index (χ0v) is 33.0. The molecule has 53 heavy (non-hydrogen) atoms. The Bertz CT molecular complexity index is 1160. The van der Waals surface area contributed by atoms with Crippen LogP contribution in [0.25, 0.3) is 0 Å². The van der Waals surface area contributed by atoms with Crippen molar-refractivity contribution in [2.24, 2.45) is 17.8 Å². The van der Waals surface area contributed by atoms with Crippen molar-refractivity contribution in [2.75, 3.05) is 53.2 Å². The van der Waals surface area contributed by atoms with Crippen LogP contribution in [0.5, 0.6) is 0 Å². The highest BCUT2D eigenvalue weighted by Crippen LogP contribution is 2.30. The summed E-state index contributed by atoms with van der Waals surface area (Å²) in [6.45, 7) is 8.91. The normalized spacial score (nSPS) is 18.7. The maximum atomic E-state index is 14.4. The van der Waals surface area contributed by atoms with Crippen LogP contribution in [0.3, 0.4) is 0 Å². The van der Waals surface area contributed by atoms with Gasteiger partial charge in [-0.15, -0.1) is 0 Å². The van der Waals surface area contributed by atoms with E-state index in [0.717, 1.165) is 56.9 Å². The maximum Gasteiger partial charge on any atom is 0.240 e. The third kappa shape index (κ3) is 16.3. The van der Waals surface area contributed by atoms with Gasteiger partial charge in [0, 0.05) is 45.8 Å². The summed E-state index contributed by atoms with van der Waals surface area (Å²) in [6, 6.07) is 8.15. The van der Waals surface area contributed by atoms with Gasteiger partial charge in [0.1, 0.15) is 6.79 Å². The van der Waals surface area contributed by atoms with Crippen molar-refractivity contribution in [1.29, 1.82) is 0 Å². The number of ether oxygens (including phenoxy) is 2. The van der Waals surface area contributed by atoms with Gasteiger partial charge in [-0.2, -0.15) is 0 Å². The first-order valence-corrected chi connectivity index (χ1v) is 20.4. The molecule has 2 fully saturated rings. The molecule has 5 atom stereocenters. The number of benzene rings is 1. The number of aliphatic hydroxyl groups excluding tert-OH is 2. The van der Waals surface area contributed by atoms with Gasteiger partial charge in [-0.3, -0.25) is 19.7 Å². The number of piperidine rings is 1. The molecular weight excluding hydrogens is 674 g/mol. The summed E-state index contributed by atoms with van der Waals surface area (Å²) in [5.74, 6) is -0.411. The largest absolute Gasteiger partial charge is 0.395 e. The smallest absolute Gasteiger partial charge is 0.240 e. The van der Waals surface area contributed by atoms with E-state index in [2.05, 4.69) is 28.2 Å². The predicted molar refractivity (Wildman–Crippen MR) is 208 cm³/mol. The fourth-order valence-electron chi connectivity index (χ4n) is 7.73. The van der Waals surface area contributed by atoms with E-state index < -0.39 is 30.1 Å². The lowest BCUT2D eigenvalue weighted by molar-refractivity contribution is -0.139. The lowest BCUT2D eigenvalue weighted by Gasteiger charge is -2.36. The summed E-state index contributed by atoms with van der Waals surface area (Å²) >= 11 is 0. The Balaban J connectivity index is 1.79. The lowest BCUT2D eigenvalue weighted by atomic mass is 9.81. The van der Waals surface area contributed by atoms with Crippen molar-refractivity contribution in [3.05, 3.63) is 35.9 Å². The summed E-state index contributed by atoms with van der Waals surface area (Å²) in [6.07, 6.45) is 9.78. The number of methoxy groups -OCH3 is 1. The van der Waals surface area contributed by atoms with Gasteiger partial charge in [-0.1, -0.05) is 96.0 Å². The number of carbonyl (C=O) groups is 3. The molecule has 1 aromatic carbocycles. The van der Waals surface area contributed by atoms with Gasteiger partial charge in [0.25, 0.3) is 0 Å². The number of amides is 3. The summed E-state index contributed by atoms with van der Waals surface area (Å²) < 4.78 is 10.8. The first kappa shape index (κ1) is 44.8. The highest BCUT2D eigenvalue weighted by Gasteiger charge is 2.35. The third-order valence-corrected chi connectivity index (χ3v) is 11.0. The fraction of sp³-hybridized carbons (Fsp3) is 0.780. The Hall–Kier alpha value is -2.61. The molecule has 2 aliphatic rings. The van der Waals surface area contributed by atoms with Crippen molar-refractivity contribution >= 4 is 17.7 Å². The van der Waals surface area contributed by atoms with E-state index >= 15 is 0 Å². The molecule has 1 saturated heterocycles. The van der Waals surface area contributed by atoms with Crippen LogP contribution in [0.15, 0.2) is 30.3 Å². The van der Waals surface area contributed by atoms with Gasteiger partial charge < -0.3 is 40.5 Å². The highest BCUT2D eigenvalue weighted by molar-refractivity contribution is 5.86. The minimum atomic E-state index is -0.915. The van der Waals surface area contributed by atoms with Crippen LogP contribution in [0, 0.1) is 17.8 Å². The molecule has 3 amide bonds. The molecule has 0 spiro atoms. The molecule has 1 aromatic rings. The molecule has 302 valence electrons. The third-order valence-electron chi connectivity index (χ3n) is 11.0. The Morgan fingerprint density at radius 2 is 1.66 bits per heavy atom. The number of likely N-dealkylation sites (tertiary alicyclic amines) is 1. The molecule has 0 radical (unpaired) electrons. The van der Waals surface area contributed by atoms with Gasteiger partial charge in [0.15, 0.2) is 0 Å². The van der Waals surface area contributed by atoms with Crippen molar-refractivity contribution in [1.82, 2.24) is 26.2 Å². The van der Waals surface area contributed by atoms with E-state index in [1.54, 1.807) is 7.11 Å². The first-order chi connectivity index (χ1) is 25.7. The van der Waals surface area contributed by atoms with Crippen molar-refractivity contribution in [2.45, 2.75) is 135 Å². The molecule has 12 heteroatoms. The van der Waals surface area contributed by atoms with E-state index in [1.807, 2.05) is 49.1 Å². The summed E-state index contributed by atoms with van der Waals surface area (Å²) in [5, 5.41) is 33.7. The average molecular weight is 746 g/mol. The van der Waals surface area contributed by atoms with Crippen LogP contribution in [-0.4, -0.2) is 116 Å². The summed E-state index contributed by atoms with van der Waals surface area (Å²) in [7, 11) is 1.60. The lowest BCUT2D eigenvalue weighted by Crippen LogP contribution is -2.58. The number of unbranched alkanes of at least 4 members (excludes halogenated alkanes) is 1. The summed E-state index contributed by atoms with van der Waals surface area (Å²) in [4.78, 5) is 43.8. The molecular formula is C41H71N5O7. The number of aliphatic hydroxyl groups is 2. The number of hydrogen-bond acceptors (Lipinski definition) is 9. The number of nitrogens with one attached hydrogen (secondary N) is 4. The molecule has 1 aliphatic heterocycles. The van der Waals surface area contributed by atoms with Crippen molar-refractivity contribution in [3.63, 3.8) is 0 Å². The van der Waals surface area contributed by atoms with E-state index in [4.69, 9.17) is 14.6 Å². The Kier molecular flexibility index (Phi) is 21.5. The van der Waals surface area contributed by atoms with Gasteiger partial charge in [-0.05, 0) is 55.9 Å².